The number of benzene rings is 1. The van der Waals surface area contributed by atoms with E-state index in [9.17, 15) is 0 Å². The predicted molar refractivity (Wildman–Crippen MR) is 87.2 cm³/mol. The minimum absolute atomic E-state index is 0.373. The van der Waals surface area contributed by atoms with Gasteiger partial charge in [0.05, 0.1) is 13.7 Å². The van der Waals surface area contributed by atoms with Crippen LogP contribution in [-0.2, 0) is 11.0 Å². The van der Waals surface area contributed by atoms with Crippen LogP contribution in [0.2, 0.25) is 6.04 Å². The Labute approximate surface area is 125 Å². The molecular formula is C17H28O2Si. The van der Waals surface area contributed by atoms with Gasteiger partial charge in [-0.15, -0.1) is 0 Å². The molecule has 1 aromatic carbocycles. The number of rotatable bonds is 7. The quantitative estimate of drug-likeness (QED) is 0.558. The minimum atomic E-state index is -0.373. The molecule has 112 valence electrons. The van der Waals surface area contributed by atoms with Crippen LogP contribution in [0.25, 0.3) is 0 Å². The highest BCUT2D eigenvalue weighted by Crippen LogP contribution is 2.31. The lowest BCUT2D eigenvalue weighted by molar-refractivity contribution is 0.306. The van der Waals surface area contributed by atoms with Crippen molar-refractivity contribution in [3.63, 3.8) is 0 Å². The normalized spacial score (nSPS) is 16.6. The van der Waals surface area contributed by atoms with E-state index in [2.05, 4.69) is 32.0 Å². The van der Waals surface area contributed by atoms with E-state index >= 15 is 0 Å². The summed E-state index contributed by atoms with van der Waals surface area (Å²) in [5.74, 6) is 2.48. The molecule has 0 aliphatic heterocycles. The van der Waals surface area contributed by atoms with Crippen molar-refractivity contribution in [1.82, 2.24) is 0 Å². The van der Waals surface area contributed by atoms with E-state index in [1.54, 1.807) is 7.11 Å². The summed E-state index contributed by atoms with van der Waals surface area (Å²) in [4.78, 5) is 0. The monoisotopic (exact) mass is 292 g/mol. The minimum Gasteiger partial charge on any atom is -0.496 e. The summed E-state index contributed by atoms with van der Waals surface area (Å²) >= 11 is 0. The zero-order chi connectivity index (χ0) is 14.4. The molecule has 0 saturated heterocycles. The fraction of sp³-hybridized carbons (Fsp3) is 0.647. The van der Waals surface area contributed by atoms with Gasteiger partial charge in [0.1, 0.15) is 5.75 Å². The second-order valence-corrected chi connectivity index (χ2v) is 7.58. The second-order valence-electron chi connectivity index (χ2n) is 6.19. The summed E-state index contributed by atoms with van der Waals surface area (Å²) in [6.45, 7) is 5.14. The lowest BCUT2D eigenvalue weighted by Crippen LogP contribution is -2.06. The van der Waals surface area contributed by atoms with E-state index in [4.69, 9.17) is 9.16 Å². The van der Waals surface area contributed by atoms with Crippen LogP contribution in [-0.4, -0.2) is 16.9 Å². The lowest BCUT2D eigenvalue weighted by Gasteiger charge is -2.16. The first-order valence-corrected chi connectivity index (χ1v) is 9.53. The maximum atomic E-state index is 6.02. The summed E-state index contributed by atoms with van der Waals surface area (Å²) in [7, 11) is 1.39. The molecule has 2 nitrogen and oxygen atoms in total. The van der Waals surface area contributed by atoms with Crippen LogP contribution in [0.4, 0.5) is 0 Å². The zero-order valence-electron chi connectivity index (χ0n) is 13.2. The molecule has 0 heterocycles. The van der Waals surface area contributed by atoms with E-state index in [0.717, 1.165) is 18.3 Å². The van der Waals surface area contributed by atoms with E-state index in [1.165, 1.54) is 42.9 Å². The van der Waals surface area contributed by atoms with Crippen molar-refractivity contribution in [3.05, 3.63) is 29.3 Å². The summed E-state index contributed by atoms with van der Waals surface area (Å²) in [6.07, 6.45) is 5.73. The Bertz CT molecular complexity index is 411. The van der Waals surface area contributed by atoms with Crippen molar-refractivity contribution >= 4 is 9.76 Å². The van der Waals surface area contributed by atoms with Gasteiger partial charge in [-0.25, -0.2) is 0 Å². The molecule has 2 rings (SSSR count). The molecule has 0 spiro atoms. The first-order valence-electron chi connectivity index (χ1n) is 7.96. The molecule has 0 unspecified atom stereocenters. The van der Waals surface area contributed by atoms with Crippen LogP contribution in [0, 0.1) is 5.92 Å². The van der Waals surface area contributed by atoms with E-state index in [0.29, 0.717) is 5.92 Å². The third kappa shape index (κ3) is 4.09. The van der Waals surface area contributed by atoms with Crippen molar-refractivity contribution < 1.29 is 9.16 Å². The first kappa shape index (κ1) is 15.6. The molecule has 0 atom stereocenters. The van der Waals surface area contributed by atoms with E-state index in [1.807, 2.05) is 0 Å². The molecule has 1 saturated carbocycles. The van der Waals surface area contributed by atoms with Gasteiger partial charge in [0.25, 0.3) is 0 Å². The lowest BCUT2D eigenvalue weighted by atomic mass is 9.99. The second kappa shape index (κ2) is 7.84. The van der Waals surface area contributed by atoms with Gasteiger partial charge in [0.2, 0.25) is 0 Å². The standard InChI is InChI=1S/C17H28O2Si/c1-13(2)16-10-6-9-15(17(16)18-3)11-19-20-12-14-7-4-5-8-14/h6,9-10,13-14H,4-5,7-8,11-12,20H2,1-3H3. The predicted octanol–water partition coefficient (Wildman–Crippen LogP) is 4.03. The fourth-order valence-corrected chi connectivity index (χ4v) is 4.59. The number of ether oxygens (including phenoxy) is 1. The topological polar surface area (TPSA) is 18.5 Å². The number of methoxy groups -OCH3 is 1. The van der Waals surface area contributed by atoms with Gasteiger partial charge in [0, 0.05) is 5.56 Å². The van der Waals surface area contributed by atoms with Crippen LogP contribution >= 0.6 is 0 Å². The van der Waals surface area contributed by atoms with E-state index < -0.39 is 0 Å². The number of para-hydroxylation sites is 1. The number of hydrogen-bond acceptors (Lipinski definition) is 2. The van der Waals surface area contributed by atoms with Gasteiger partial charge in [-0.3, -0.25) is 0 Å². The Morgan fingerprint density at radius 3 is 2.65 bits per heavy atom. The smallest absolute Gasteiger partial charge is 0.162 e. The molecule has 0 amide bonds. The van der Waals surface area contributed by atoms with Crippen molar-refractivity contribution in [2.45, 2.75) is 58.1 Å². The molecule has 20 heavy (non-hydrogen) atoms. The maximum Gasteiger partial charge on any atom is 0.162 e. The van der Waals surface area contributed by atoms with Crippen molar-refractivity contribution in [2.24, 2.45) is 5.92 Å². The number of hydrogen-bond donors (Lipinski definition) is 0. The molecular weight excluding hydrogens is 264 g/mol. The Morgan fingerprint density at radius 1 is 1.25 bits per heavy atom. The molecule has 3 heteroatoms. The van der Waals surface area contributed by atoms with Gasteiger partial charge in [-0.05, 0) is 23.4 Å². The highest BCUT2D eigenvalue weighted by Gasteiger charge is 2.15. The highest BCUT2D eigenvalue weighted by molar-refractivity contribution is 6.27. The fourth-order valence-electron chi connectivity index (χ4n) is 3.15. The largest absolute Gasteiger partial charge is 0.496 e. The molecule has 0 radical (unpaired) electrons. The Kier molecular flexibility index (Phi) is 6.11. The zero-order valence-corrected chi connectivity index (χ0v) is 14.6. The average molecular weight is 292 g/mol. The third-order valence-electron chi connectivity index (χ3n) is 4.36. The molecule has 1 aliphatic carbocycles. The average Bonchev–Trinajstić information content (AvgIpc) is 2.96. The van der Waals surface area contributed by atoms with Crippen LogP contribution in [0.5, 0.6) is 5.75 Å². The van der Waals surface area contributed by atoms with Crippen molar-refractivity contribution in [1.29, 1.82) is 0 Å². The third-order valence-corrected chi connectivity index (χ3v) is 5.90. The Balaban J connectivity index is 1.86. The van der Waals surface area contributed by atoms with Gasteiger partial charge < -0.3 is 9.16 Å². The molecule has 0 N–H and O–H groups in total. The first-order chi connectivity index (χ1) is 9.72. The summed E-state index contributed by atoms with van der Waals surface area (Å²) in [6, 6.07) is 7.76. The summed E-state index contributed by atoms with van der Waals surface area (Å²) in [5.41, 5.74) is 2.49. The highest BCUT2D eigenvalue weighted by atomic mass is 28.2. The Hall–Kier alpha value is -0.803. The molecule has 1 aromatic rings. The molecule has 1 aliphatic rings. The summed E-state index contributed by atoms with van der Waals surface area (Å²) in [5, 5.41) is 0. The van der Waals surface area contributed by atoms with Gasteiger partial charge >= 0.3 is 0 Å². The maximum absolute atomic E-state index is 6.02. The molecule has 0 aromatic heterocycles. The van der Waals surface area contributed by atoms with E-state index in [-0.39, 0.29) is 9.76 Å². The van der Waals surface area contributed by atoms with Gasteiger partial charge in [-0.2, -0.15) is 0 Å². The van der Waals surface area contributed by atoms with Crippen LogP contribution in [0.3, 0.4) is 0 Å². The Morgan fingerprint density at radius 2 is 2.00 bits per heavy atom. The molecule has 0 bridgehead atoms. The van der Waals surface area contributed by atoms with Crippen molar-refractivity contribution in [3.8, 4) is 5.75 Å². The van der Waals surface area contributed by atoms with Gasteiger partial charge in [0.15, 0.2) is 9.76 Å². The van der Waals surface area contributed by atoms with Crippen LogP contribution in [0.1, 0.15) is 56.6 Å². The van der Waals surface area contributed by atoms with Crippen LogP contribution < -0.4 is 4.74 Å². The summed E-state index contributed by atoms with van der Waals surface area (Å²) < 4.78 is 11.6. The van der Waals surface area contributed by atoms with Crippen molar-refractivity contribution in [2.75, 3.05) is 7.11 Å². The SMILES string of the molecule is COc1c(CO[SiH2]CC2CCCC2)cccc1C(C)C. The molecule has 1 fully saturated rings. The van der Waals surface area contributed by atoms with Gasteiger partial charge in [-0.1, -0.05) is 57.7 Å². The van der Waals surface area contributed by atoms with Crippen LogP contribution in [0.15, 0.2) is 18.2 Å².